The minimum Gasteiger partial charge on any atom is -0.495 e. The van der Waals surface area contributed by atoms with Crippen LogP contribution in [0.1, 0.15) is 29.9 Å². The summed E-state index contributed by atoms with van der Waals surface area (Å²) in [6.07, 6.45) is 0. The fourth-order valence-corrected chi connectivity index (χ4v) is 3.18. The molecule has 4 heteroatoms. The van der Waals surface area contributed by atoms with Gasteiger partial charge in [0.1, 0.15) is 5.75 Å². The van der Waals surface area contributed by atoms with Gasteiger partial charge in [-0.2, -0.15) is 0 Å². The van der Waals surface area contributed by atoms with Crippen LogP contribution in [0.2, 0.25) is 0 Å². The molecule has 140 valence electrons. The molecule has 3 rings (SSSR count). The molecular formula is C23H26N2O2. The van der Waals surface area contributed by atoms with E-state index in [2.05, 4.69) is 35.9 Å². The molecule has 0 radical (unpaired) electrons. The zero-order valence-corrected chi connectivity index (χ0v) is 16.3. The first-order valence-corrected chi connectivity index (χ1v) is 9.22. The van der Waals surface area contributed by atoms with Gasteiger partial charge in [-0.05, 0) is 36.6 Å². The highest BCUT2D eigenvalue weighted by Crippen LogP contribution is 2.33. The number of methoxy groups -OCH3 is 1. The molecule has 0 spiro atoms. The zero-order valence-electron chi connectivity index (χ0n) is 16.3. The number of aromatic nitrogens is 1. The van der Waals surface area contributed by atoms with Crippen LogP contribution in [0.3, 0.4) is 0 Å². The van der Waals surface area contributed by atoms with E-state index >= 15 is 0 Å². The third kappa shape index (κ3) is 3.90. The number of carbonyl (C=O) groups is 1. The number of nitrogens with one attached hydrogen (secondary N) is 1. The van der Waals surface area contributed by atoms with Gasteiger partial charge in [-0.15, -0.1) is 0 Å². The largest absolute Gasteiger partial charge is 0.495 e. The maximum Gasteiger partial charge on any atom is 0.253 e. The van der Waals surface area contributed by atoms with Crippen molar-refractivity contribution in [3.05, 3.63) is 71.9 Å². The van der Waals surface area contributed by atoms with Crippen LogP contribution in [0, 0.1) is 12.8 Å². The summed E-state index contributed by atoms with van der Waals surface area (Å²) < 4.78 is 7.67. The van der Waals surface area contributed by atoms with E-state index in [0.717, 1.165) is 28.4 Å². The predicted molar refractivity (Wildman–Crippen MR) is 110 cm³/mol. The standard InChI is InChI=1S/C23H26N2O2/c1-16(2)15-24-23(26)19-14-21(18-10-6-5-7-11-18)25(17(19)3)20-12-8-9-13-22(20)27-4/h5-14,16H,15H2,1-4H3,(H,24,26). The second kappa shape index (κ2) is 8.12. The number of carbonyl (C=O) groups excluding carboxylic acids is 1. The summed E-state index contributed by atoms with van der Waals surface area (Å²) in [7, 11) is 1.66. The third-order valence-corrected chi connectivity index (χ3v) is 4.56. The SMILES string of the molecule is COc1ccccc1-n1c(-c2ccccc2)cc(C(=O)NCC(C)C)c1C. The Kier molecular flexibility index (Phi) is 5.65. The van der Waals surface area contributed by atoms with Gasteiger partial charge in [-0.1, -0.05) is 56.3 Å². The highest BCUT2D eigenvalue weighted by atomic mass is 16.5. The van der Waals surface area contributed by atoms with Crippen LogP contribution in [0.5, 0.6) is 5.75 Å². The van der Waals surface area contributed by atoms with Gasteiger partial charge in [0.05, 0.1) is 24.1 Å². The second-order valence-electron chi connectivity index (χ2n) is 7.01. The van der Waals surface area contributed by atoms with Crippen LogP contribution >= 0.6 is 0 Å². The van der Waals surface area contributed by atoms with Gasteiger partial charge in [0.15, 0.2) is 0 Å². The molecular weight excluding hydrogens is 336 g/mol. The van der Waals surface area contributed by atoms with Gasteiger partial charge in [-0.3, -0.25) is 4.79 Å². The summed E-state index contributed by atoms with van der Waals surface area (Å²) in [4.78, 5) is 12.8. The molecule has 3 aromatic rings. The summed E-state index contributed by atoms with van der Waals surface area (Å²) in [6.45, 7) is 6.80. The first-order chi connectivity index (χ1) is 13.0. The molecule has 1 aromatic heterocycles. The predicted octanol–water partition coefficient (Wildman–Crippen LogP) is 4.85. The average molecular weight is 362 g/mol. The van der Waals surface area contributed by atoms with E-state index in [-0.39, 0.29) is 5.91 Å². The maximum atomic E-state index is 12.8. The molecule has 1 amide bonds. The van der Waals surface area contributed by atoms with E-state index in [1.807, 2.05) is 55.5 Å². The third-order valence-electron chi connectivity index (χ3n) is 4.56. The number of hydrogen-bond acceptors (Lipinski definition) is 2. The fourth-order valence-electron chi connectivity index (χ4n) is 3.18. The first kappa shape index (κ1) is 18.8. The highest BCUT2D eigenvalue weighted by molar-refractivity contribution is 5.97. The number of nitrogens with zero attached hydrogens (tertiary/aromatic N) is 1. The molecule has 2 aromatic carbocycles. The van der Waals surface area contributed by atoms with E-state index in [1.165, 1.54) is 0 Å². The molecule has 0 aliphatic carbocycles. The Hall–Kier alpha value is -3.01. The Morgan fingerprint density at radius 3 is 2.41 bits per heavy atom. The van der Waals surface area contributed by atoms with Gasteiger partial charge in [0, 0.05) is 12.2 Å². The smallest absolute Gasteiger partial charge is 0.253 e. The summed E-state index contributed by atoms with van der Waals surface area (Å²) >= 11 is 0. The van der Waals surface area contributed by atoms with E-state index in [1.54, 1.807) is 7.11 Å². The molecule has 0 fully saturated rings. The van der Waals surface area contributed by atoms with Gasteiger partial charge in [0.25, 0.3) is 5.91 Å². The second-order valence-corrected chi connectivity index (χ2v) is 7.01. The Bertz CT molecular complexity index is 927. The molecule has 0 unspecified atom stereocenters. The molecule has 4 nitrogen and oxygen atoms in total. The molecule has 0 bridgehead atoms. The number of rotatable bonds is 6. The van der Waals surface area contributed by atoms with Crippen LogP contribution in [-0.2, 0) is 0 Å². The number of hydrogen-bond donors (Lipinski definition) is 1. The van der Waals surface area contributed by atoms with Gasteiger partial charge >= 0.3 is 0 Å². The number of para-hydroxylation sites is 2. The minimum atomic E-state index is -0.0490. The van der Waals surface area contributed by atoms with Gasteiger partial charge in [-0.25, -0.2) is 0 Å². The van der Waals surface area contributed by atoms with Crippen molar-refractivity contribution < 1.29 is 9.53 Å². The maximum absolute atomic E-state index is 12.8. The summed E-state index contributed by atoms with van der Waals surface area (Å²) in [6, 6.07) is 19.9. The summed E-state index contributed by atoms with van der Waals surface area (Å²) in [5.41, 5.74) is 4.50. The Morgan fingerprint density at radius 1 is 1.07 bits per heavy atom. The Labute approximate surface area is 160 Å². The van der Waals surface area contributed by atoms with Crippen molar-refractivity contribution in [2.45, 2.75) is 20.8 Å². The van der Waals surface area contributed by atoms with Crippen LogP contribution in [0.25, 0.3) is 16.9 Å². The minimum absolute atomic E-state index is 0.0490. The average Bonchev–Trinajstić information content (AvgIpc) is 3.03. The molecule has 0 atom stereocenters. The van der Waals surface area contributed by atoms with Crippen molar-refractivity contribution in [1.82, 2.24) is 9.88 Å². The molecule has 0 aliphatic rings. The van der Waals surface area contributed by atoms with Crippen molar-refractivity contribution in [3.63, 3.8) is 0 Å². The quantitative estimate of drug-likeness (QED) is 0.681. The van der Waals surface area contributed by atoms with Crippen molar-refractivity contribution in [3.8, 4) is 22.7 Å². The van der Waals surface area contributed by atoms with Gasteiger partial charge < -0.3 is 14.6 Å². The molecule has 27 heavy (non-hydrogen) atoms. The van der Waals surface area contributed by atoms with Crippen LogP contribution in [-0.4, -0.2) is 24.1 Å². The number of benzene rings is 2. The summed E-state index contributed by atoms with van der Waals surface area (Å²) in [5, 5.41) is 3.03. The lowest BCUT2D eigenvalue weighted by molar-refractivity contribution is 0.0948. The molecule has 0 saturated heterocycles. The highest BCUT2D eigenvalue weighted by Gasteiger charge is 2.21. The number of ether oxygens (including phenoxy) is 1. The monoisotopic (exact) mass is 362 g/mol. The van der Waals surface area contributed by atoms with Crippen LogP contribution < -0.4 is 10.1 Å². The van der Waals surface area contributed by atoms with Crippen molar-refractivity contribution in [1.29, 1.82) is 0 Å². The van der Waals surface area contributed by atoms with E-state index in [0.29, 0.717) is 18.0 Å². The Morgan fingerprint density at radius 2 is 1.74 bits per heavy atom. The lowest BCUT2D eigenvalue weighted by Crippen LogP contribution is -2.27. The number of amides is 1. The van der Waals surface area contributed by atoms with E-state index in [4.69, 9.17) is 4.74 Å². The molecule has 1 N–H and O–H groups in total. The van der Waals surface area contributed by atoms with E-state index < -0.39 is 0 Å². The van der Waals surface area contributed by atoms with Gasteiger partial charge in [0.2, 0.25) is 0 Å². The molecule has 0 saturated carbocycles. The van der Waals surface area contributed by atoms with Crippen molar-refractivity contribution in [2.75, 3.05) is 13.7 Å². The van der Waals surface area contributed by atoms with Crippen LogP contribution in [0.15, 0.2) is 60.7 Å². The molecule has 0 aliphatic heterocycles. The topological polar surface area (TPSA) is 43.3 Å². The lowest BCUT2D eigenvalue weighted by atomic mass is 10.1. The summed E-state index contributed by atoms with van der Waals surface area (Å²) in [5.74, 6) is 1.12. The van der Waals surface area contributed by atoms with Crippen molar-refractivity contribution >= 4 is 5.91 Å². The van der Waals surface area contributed by atoms with Crippen LogP contribution in [0.4, 0.5) is 0 Å². The molecule has 1 heterocycles. The lowest BCUT2D eigenvalue weighted by Gasteiger charge is -2.15. The van der Waals surface area contributed by atoms with E-state index in [9.17, 15) is 4.79 Å². The zero-order chi connectivity index (χ0) is 19.4. The first-order valence-electron chi connectivity index (χ1n) is 9.22. The normalized spacial score (nSPS) is 10.9. The van der Waals surface area contributed by atoms with Crippen molar-refractivity contribution in [2.24, 2.45) is 5.92 Å². The fraction of sp³-hybridized carbons (Fsp3) is 0.261. The Balaban J connectivity index is 2.17.